The number of hydrogen-bond donors (Lipinski definition) is 1. The zero-order valence-corrected chi connectivity index (χ0v) is 10.7. The molecule has 2 unspecified atom stereocenters. The van der Waals surface area contributed by atoms with Crippen LogP contribution in [-0.2, 0) is 10.0 Å². The fourth-order valence-electron chi connectivity index (χ4n) is 2.19. The monoisotopic (exact) mass is 234 g/mol. The van der Waals surface area contributed by atoms with Gasteiger partial charge in [-0.25, -0.2) is 13.1 Å². The van der Waals surface area contributed by atoms with E-state index >= 15 is 0 Å². The molecule has 15 heavy (non-hydrogen) atoms. The predicted molar refractivity (Wildman–Crippen MR) is 62.3 cm³/mol. The minimum atomic E-state index is -3.05. The summed E-state index contributed by atoms with van der Waals surface area (Å²) < 4.78 is 24.8. The maximum atomic E-state index is 11.1. The van der Waals surface area contributed by atoms with Crippen LogP contribution < -0.4 is 4.72 Å². The summed E-state index contributed by atoms with van der Waals surface area (Å²) >= 11 is 0. The zero-order valence-electron chi connectivity index (χ0n) is 9.86. The molecule has 0 radical (unpaired) electrons. The summed E-state index contributed by atoms with van der Waals surface area (Å²) in [4.78, 5) is 2.37. The number of rotatable bonds is 5. The lowest BCUT2D eigenvalue weighted by molar-refractivity contribution is 0.242. The molecule has 1 N–H and O–H groups in total. The number of sulfonamides is 1. The molecule has 1 aliphatic heterocycles. The van der Waals surface area contributed by atoms with Gasteiger partial charge in [-0.05, 0) is 19.8 Å². The van der Waals surface area contributed by atoms with Crippen LogP contribution in [0.4, 0.5) is 0 Å². The van der Waals surface area contributed by atoms with Crippen LogP contribution in [0.3, 0.4) is 0 Å². The van der Waals surface area contributed by atoms with Gasteiger partial charge in [0.05, 0.1) is 6.26 Å². The van der Waals surface area contributed by atoms with Crippen molar-refractivity contribution in [1.82, 2.24) is 9.62 Å². The van der Waals surface area contributed by atoms with Crippen LogP contribution >= 0.6 is 0 Å². The van der Waals surface area contributed by atoms with Crippen LogP contribution in [0.15, 0.2) is 0 Å². The van der Waals surface area contributed by atoms with Crippen molar-refractivity contribution < 1.29 is 8.42 Å². The van der Waals surface area contributed by atoms with Gasteiger partial charge in [0.25, 0.3) is 0 Å². The van der Waals surface area contributed by atoms with E-state index in [0.29, 0.717) is 6.04 Å². The predicted octanol–water partition coefficient (Wildman–Crippen LogP) is 0.798. The van der Waals surface area contributed by atoms with Gasteiger partial charge in [0.2, 0.25) is 10.0 Å². The third-order valence-corrected chi connectivity index (χ3v) is 3.69. The SMILES string of the molecule is CCCC(C)N1CCC(NS(C)(=O)=O)C1. The maximum absolute atomic E-state index is 11.1. The van der Waals surface area contributed by atoms with Gasteiger partial charge in [0, 0.05) is 25.2 Å². The van der Waals surface area contributed by atoms with Crippen molar-refractivity contribution in [3.63, 3.8) is 0 Å². The first-order valence-electron chi connectivity index (χ1n) is 5.63. The second-order valence-corrected chi connectivity index (χ2v) is 6.29. The topological polar surface area (TPSA) is 49.4 Å². The molecule has 2 atom stereocenters. The Balaban J connectivity index is 2.39. The number of nitrogens with zero attached hydrogens (tertiary/aromatic N) is 1. The molecular formula is C10H22N2O2S. The Morgan fingerprint density at radius 3 is 2.73 bits per heavy atom. The third kappa shape index (κ3) is 4.49. The Kier molecular flexibility index (Phi) is 4.55. The first-order valence-corrected chi connectivity index (χ1v) is 7.53. The molecule has 1 heterocycles. The van der Waals surface area contributed by atoms with E-state index in [1.165, 1.54) is 19.1 Å². The van der Waals surface area contributed by atoms with Gasteiger partial charge < -0.3 is 0 Å². The van der Waals surface area contributed by atoms with Gasteiger partial charge in [0.15, 0.2) is 0 Å². The number of hydrogen-bond acceptors (Lipinski definition) is 3. The third-order valence-electron chi connectivity index (χ3n) is 2.93. The van der Waals surface area contributed by atoms with E-state index in [-0.39, 0.29) is 6.04 Å². The minimum Gasteiger partial charge on any atom is -0.299 e. The molecular weight excluding hydrogens is 212 g/mol. The summed E-state index contributed by atoms with van der Waals surface area (Å²) in [6.07, 6.45) is 4.53. The van der Waals surface area contributed by atoms with Gasteiger partial charge in [0.1, 0.15) is 0 Å². The Morgan fingerprint density at radius 2 is 2.20 bits per heavy atom. The normalized spacial score (nSPS) is 25.7. The lowest BCUT2D eigenvalue weighted by Crippen LogP contribution is -2.38. The Labute approximate surface area is 93.1 Å². The highest BCUT2D eigenvalue weighted by atomic mass is 32.2. The lowest BCUT2D eigenvalue weighted by Gasteiger charge is -2.23. The van der Waals surface area contributed by atoms with Gasteiger partial charge >= 0.3 is 0 Å². The van der Waals surface area contributed by atoms with Crippen LogP contribution in [0.1, 0.15) is 33.1 Å². The molecule has 0 saturated carbocycles. The van der Waals surface area contributed by atoms with E-state index in [4.69, 9.17) is 0 Å². The summed E-state index contributed by atoms with van der Waals surface area (Å²) in [6, 6.07) is 0.681. The summed E-state index contributed by atoms with van der Waals surface area (Å²) in [6.45, 7) is 6.26. The van der Waals surface area contributed by atoms with E-state index < -0.39 is 10.0 Å². The molecule has 1 rings (SSSR count). The highest BCUT2D eigenvalue weighted by Crippen LogP contribution is 2.15. The molecule has 0 amide bonds. The maximum Gasteiger partial charge on any atom is 0.208 e. The first-order chi connectivity index (χ1) is 6.92. The van der Waals surface area contributed by atoms with Crippen molar-refractivity contribution in [2.75, 3.05) is 19.3 Å². The van der Waals surface area contributed by atoms with E-state index in [0.717, 1.165) is 19.5 Å². The van der Waals surface area contributed by atoms with Crippen molar-refractivity contribution in [3.8, 4) is 0 Å². The molecule has 0 aromatic heterocycles. The Hall–Kier alpha value is -0.130. The zero-order chi connectivity index (χ0) is 11.5. The van der Waals surface area contributed by atoms with Gasteiger partial charge in [-0.3, -0.25) is 4.90 Å². The molecule has 1 fully saturated rings. The summed E-state index contributed by atoms with van der Waals surface area (Å²) in [5.74, 6) is 0. The first kappa shape index (κ1) is 12.9. The highest BCUT2D eigenvalue weighted by molar-refractivity contribution is 7.88. The molecule has 5 heteroatoms. The van der Waals surface area contributed by atoms with Crippen molar-refractivity contribution in [3.05, 3.63) is 0 Å². The molecule has 1 saturated heterocycles. The quantitative estimate of drug-likeness (QED) is 0.765. The average molecular weight is 234 g/mol. The average Bonchev–Trinajstić information content (AvgIpc) is 2.50. The van der Waals surface area contributed by atoms with Crippen molar-refractivity contribution in [2.45, 2.75) is 45.2 Å². The van der Waals surface area contributed by atoms with E-state index in [1.807, 2.05) is 0 Å². The lowest BCUT2D eigenvalue weighted by atomic mass is 10.2. The molecule has 0 aromatic rings. The summed E-state index contributed by atoms with van der Waals surface area (Å²) in [5, 5.41) is 0. The van der Waals surface area contributed by atoms with Gasteiger partial charge in [-0.2, -0.15) is 0 Å². The van der Waals surface area contributed by atoms with E-state index in [1.54, 1.807) is 0 Å². The fourth-order valence-corrected chi connectivity index (χ4v) is 2.98. The molecule has 1 aliphatic rings. The van der Waals surface area contributed by atoms with Crippen molar-refractivity contribution in [1.29, 1.82) is 0 Å². The summed E-state index contributed by atoms with van der Waals surface area (Å²) in [5.41, 5.74) is 0. The van der Waals surface area contributed by atoms with Crippen LogP contribution in [0.5, 0.6) is 0 Å². The smallest absolute Gasteiger partial charge is 0.208 e. The molecule has 0 spiro atoms. The van der Waals surface area contributed by atoms with Crippen molar-refractivity contribution in [2.24, 2.45) is 0 Å². The van der Waals surface area contributed by atoms with Crippen molar-refractivity contribution >= 4 is 10.0 Å². The fraction of sp³-hybridized carbons (Fsp3) is 1.00. The highest BCUT2D eigenvalue weighted by Gasteiger charge is 2.27. The second kappa shape index (κ2) is 5.27. The molecule has 4 nitrogen and oxygen atoms in total. The van der Waals surface area contributed by atoms with E-state index in [2.05, 4.69) is 23.5 Å². The molecule has 0 aromatic carbocycles. The standard InChI is InChI=1S/C10H22N2O2S/c1-4-5-9(2)12-7-6-10(8-12)11-15(3,13)14/h9-11H,4-8H2,1-3H3. The second-order valence-electron chi connectivity index (χ2n) is 4.51. The van der Waals surface area contributed by atoms with E-state index in [9.17, 15) is 8.42 Å². The van der Waals surface area contributed by atoms with Crippen LogP contribution in [0.25, 0.3) is 0 Å². The molecule has 0 aliphatic carbocycles. The number of nitrogens with one attached hydrogen (secondary N) is 1. The number of likely N-dealkylation sites (tertiary alicyclic amines) is 1. The molecule has 0 bridgehead atoms. The Bertz CT molecular complexity index is 290. The minimum absolute atomic E-state index is 0.110. The van der Waals surface area contributed by atoms with Crippen LogP contribution in [0, 0.1) is 0 Å². The van der Waals surface area contributed by atoms with Crippen LogP contribution in [0.2, 0.25) is 0 Å². The van der Waals surface area contributed by atoms with Gasteiger partial charge in [-0.15, -0.1) is 0 Å². The Morgan fingerprint density at radius 1 is 1.53 bits per heavy atom. The molecule has 90 valence electrons. The van der Waals surface area contributed by atoms with Gasteiger partial charge in [-0.1, -0.05) is 13.3 Å². The summed E-state index contributed by atoms with van der Waals surface area (Å²) in [7, 11) is -3.05. The van der Waals surface area contributed by atoms with Crippen LogP contribution in [-0.4, -0.2) is 44.7 Å². The largest absolute Gasteiger partial charge is 0.299 e.